The average molecular weight is 195 g/mol. The number of thiocarbonyl (C=S) groups is 1. The van der Waals surface area contributed by atoms with Crippen LogP contribution in [0.4, 0.5) is 0 Å². The fraction of sp³-hybridized carbons (Fsp3) is 0.300. The summed E-state index contributed by atoms with van der Waals surface area (Å²) in [6.45, 7) is 3.83. The van der Waals surface area contributed by atoms with Crippen molar-refractivity contribution in [1.29, 1.82) is 0 Å². The van der Waals surface area contributed by atoms with Crippen LogP contribution < -0.4 is 10.5 Å². The molecule has 3 heteroatoms. The summed E-state index contributed by atoms with van der Waals surface area (Å²) in [7, 11) is 0. The number of para-hydroxylation sites is 1. The third-order valence-electron chi connectivity index (χ3n) is 1.80. The number of aryl methyl sites for hydroxylation is 1. The molecule has 13 heavy (non-hydrogen) atoms. The maximum Gasteiger partial charge on any atom is 0.145 e. The molecule has 0 saturated heterocycles. The molecule has 0 bridgehead atoms. The van der Waals surface area contributed by atoms with Crippen LogP contribution in [-0.2, 0) is 0 Å². The lowest BCUT2D eigenvalue weighted by Crippen LogP contribution is -2.29. The molecule has 0 heterocycles. The van der Waals surface area contributed by atoms with E-state index in [1.807, 2.05) is 38.1 Å². The van der Waals surface area contributed by atoms with Gasteiger partial charge in [-0.25, -0.2) is 0 Å². The molecule has 2 nitrogen and oxygen atoms in total. The Morgan fingerprint density at radius 3 is 2.62 bits per heavy atom. The molecular weight excluding hydrogens is 182 g/mol. The first kappa shape index (κ1) is 9.99. The molecule has 0 aliphatic carbocycles. The van der Waals surface area contributed by atoms with Crippen LogP contribution in [0.3, 0.4) is 0 Å². The molecule has 1 aromatic rings. The summed E-state index contributed by atoms with van der Waals surface area (Å²) in [5, 5.41) is 0. The monoisotopic (exact) mass is 195 g/mol. The molecule has 0 radical (unpaired) electrons. The Hall–Kier alpha value is -1.09. The molecular formula is C10H13NOS. The molecule has 1 unspecified atom stereocenters. The van der Waals surface area contributed by atoms with Crippen LogP contribution in [0.25, 0.3) is 0 Å². The highest BCUT2D eigenvalue weighted by Crippen LogP contribution is 2.17. The number of hydrogen-bond acceptors (Lipinski definition) is 2. The lowest BCUT2D eigenvalue weighted by molar-refractivity contribution is 0.286. The second-order valence-corrected chi connectivity index (χ2v) is 3.40. The van der Waals surface area contributed by atoms with Crippen LogP contribution in [0.2, 0.25) is 0 Å². The summed E-state index contributed by atoms with van der Waals surface area (Å²) in [6.07, 6.45) is -0.212. The molecule has 0 spiro atoms. The van der Waals surface area contributed by atoms with E-state index in [9.17, 15) is 0 Å². The van der Waals surface area contributed by atoms with E-state index >= 15 is 0 Å². The molecule has 0 amide bonds. The predicted molar refractivity (Wildman–Crippen MR) is 58.1 cm³/mol. The predicted octanol–water partition coefficient (Wildman–Crippen LogP) is 2.05. The lowest BCUT2D eigenvalue weighted by atomic mass is 10.2. The minimum Gasteiger partial charge on any atom is -0.483 e. The topological polar surface area (TPSA) is 35.2 Å². The lowest BCUT2D eigenvalue weighted by Gasteiger charge is -2.14. The van der Waals surface area contributed by atoms with Crippen LogP contribution in [-0.4, -0.2) is 11.1 Å². The summed E-state index contributed by atoms with van der Waals surface area (Å²) in [5.74, 6) is 0.836. The number of rotatable bonds is 3. The first-order chi connectivity index (χ1) is 6.11. The minimum atomic E-state index is -0.212. The Morgan fingerprint density at radius 1 is 1.46 bits per heavy atom. The highest BCUT2D eigenvalue weighted by Gasteiger charge is 2.07. The van der Waals surface area contributed by atoms with Crippen molar-refractivity contribution in [2.24, 2.45) is 5.73 Å². The van der Waals surface area contributed by atoms with Crippen molar-refractivity contribution in [1.82, 2.24) is 0 Å². The fourth-order valence-electron chi connectivity index (χ4n) is 0.937. The zero-order chi connectivity index (χ0) is 9.84. The maximum atomic E-state index is 5.54. The Kier molecular flexibility index (Phi) is 3.25. The number of benzene rings is 1. The van der Waals surface area contributed by atoms with Gasteiger partial charge in [0, 0.05) is 0 Å². The van der Waals surface area contributed by atoms with E-state index in [1.54, 1.807) is 0 Å². The third kappa shape index (κ3) is 2.70. The van der Waals surface area contributed by atoms with Gasteiger partial charge in [-0.2, -0.15) is 0 Å². The van der Waals surface area contributed by atoms with Crippen molar-refractivity contribution in [3.05, 3.63) is 29.8 Å². The Labute approximate surface area is 83.7 Å². The largest absolute Gasteiger partial charge is 0.483 e. The average Bonchev–Trinajstić information content (AvgIpc) is 2.08. The van der Waals surface area contributed by atoms with Crippen molar-refractivity contribution in [2.75, 3.05) is 0 Å². The van der Waals surface area contributed by atoms with E-state index in [0.717, 1.165) is 11.3 Å². The van der Waals surface area contributed by atoms with Gasteiger partial charge in [0.05, 0.1) is 0 Å². The third-order valence-corrected chi connectivity index (χ3v) is 2.13. The fourth-order valence-corrected chi connectivity index (χ4v) is 0.985. The van der Waals surface area contributed by atoms with Gasteiger partial charge in [0.15, 0.2) is 0 Å². The van der Waals surface area contributed by atoms with Crippen molar-refractivity contribution >= 4 is 17.2 Å². The molecule has 70 valence electrons. The molecule has 0 aliphatic heterocycles. The van der Waals surface area contributed by atoms with Gasteiger partial charge in [-0.15, -0.1) is 0 Å². The molecule has 0 aromatic heterocycles. The van der Waals surface area contributed by atoms with Gasteiger partial charge in [-0.3, -0.25) is 0 Å². The van der Waals surface area contributed by atoms with Gasteiger partial charge in [-0.1, -0.05) is 30.4 Å². The van der Waals surface area contributed by atoms with Gasteiger partial charge in [0.25, 0.3) is 0 Å². The Bertz CT molecular complexity index is 312. The van der Waals surface area contributed by atoms with Crippen molar-refractivity contribution in [2.45, 2.75) is 20.0 Å². The number of ether oxygens (including phenoxy) is 1. The number of hydrogen-bond donors (Lipinski definition) is 1. The summed E-state index contributed by atoms with van der Waals surface area (Å²) in [5.41, 5.74) is 6.53. The SMILES string of the molecule is Cc1ccccc1OC(C)C(N)=S. The van der Waals surface area contributed by atoms with Gasteiger partial charge in [-0.05, 0) is 25.5 Å². The summed E-state index contributed by atoms with van der Waals surface area (Å²) in [4.78, 5) is 0.378. The Balaban J connectivity index is 2.74. The summed E-state index contributed by atoms with van der Waals surface area (Å²) in [6, 6.07) is 7.79. The standard InChI is InChI=1S/C10H13NOS/c1-7-5-3-4-6-9(7)12-8(2)10(11)13/h3-6,8H,1-2H3,(H2,11,13). The second-order valence-electron chi connectivity index (χ2n) is 2.93. The van der Waals surface area contributed by atoms with Crippen molar-refractivity contribution in [3.63, 3.8) is 0 Å². The molecule has 2 N–H and O–H groups in total. The van der Waals surface area contributed by atoms with E-state index < -0.39 is 0 Å². The molecule has 0 fully saturated rings. The van der Waals surface area contributed by atoms with E-state index in [2.05, 4.69) is 0 Å². The smallest absolute Gasteiger partial charge is 0.145 e. The van der Waals surface area contributed by atoms with Crippen LogP contribution in [0, 0.1) is 6.92 Å². The van der Waals surface area contributed by atoms with Crippen LogP contribution >= 0.6 is 12.2 Å². The van der Waals surface area contributed by atoms with Gasteiger partial charge < -0.3 is 10.5 Å². The Morgan fingerprint density at radius 2 is 2.08 bits per heavy atom. The van der Waals surface area contributed by atoms with E-state index in [1.165, 1.54) is 0 Å². The quantitative estimate of drug-likeness (QED) is 0.750. The maximum absolute atomic E-state index is 5.54. The van der Waals surface area contributed by atoms with Gasteiger partial charge >= 0.3 is 0 Å². The van der Waals surface area contributed by atoms with Gasteiger partial charge in [0.1, 0.15) is 16.8 Å². The molecule has 0 saturated carbocycles. The van der Waals surface area contributed by atoms with E-state index in [-0.39, 0.29) is 6.10 Å². The van der Waals surface area contributed by atoms with Crippen molar-refractivity contribution in [3.8, 4) is 5.75 Å². The van der Waals surface area contributed by atoms with Crippen LogP contribution in [0.5, 0.6) is 5.75 Å². The molecule has 1 aromatic carbocycles. The van der Waals surface area contributed by atoms with Crippen LogP contribution in [0.15, 0.2) is 24.3 Å². The highest BCUT2D eigenvalue weighted by molar-refractivity contribution is 7.80. The summed E-state index contributed by atoms with van der Waals surface area (Å²) < 4.78 is 5.54. The van der Waals surface area contributed by atoms with Gasteiger partial charge in [0.2, 0.25) is 0 Å². The minimum absolute atomic E-state index is 0.212. The normalized spacial score (nSPS) is 12.2. The van der Waals surface area contributed by atoms with E-state index in [0.29, 0.717) is 4.99 Å². The first-order valence-electron chi connectivity index (χ1n) is 4.13. The zero-order valence-electron chi connectivity index (χ0n) is 7.78. The molecule has 0 aliphatic rings. The zero-order valence-corrected chi connectivity index (χ0v) is 8.60. The number of nitrogens with two attached hydrogens (primary N) is 1. The van der Waals surface area contributed by atoms with E-state index in [4.69, 9.17) is 22.7 Å². The molecule has 1 rings (SSSR count). The first-order valence-corrected chi connectivity index (χ1v) is 4.53. The van der Waals surface area contributed by atoms with Crippen LogP contribution in [0.1, 0.15) is 12.5 Å². The van der Waals surface area contributed by atoms with Crippen molar-refractivity contribution < 1.29 is 4.74 Å². The second kappa shape index (κ2) is 4.23. The summed E-state index contributed by atoms with van der Waals surface area (Å²) >= 11 is 4.81. The highest BCUT2D eigenvalue weighted by atomic mass is 32.1. The molecule has 1 atom stereocenters.